The predicted molar refractivity (Wildman–Crippen MR) is 87.5 cm³/mol. The standard InChI is InChI=1S/C16H23BrN2O2/c1-21-11-10-19-8-6-13(7-9-19)12-18-16(20)14-2-4-15(17)5-3-14/h2-5,13H,6-12H2,1H3,(H,18,20). The molecule has 0 spiro atoms. The van der Waals surface area contributed by atoms with Crippen molar-refractivity contribution in [1.82, 2.24) is 10.2 Å². The fraction of sp³-hybridized carbons (Fsp3) is 0.562. The Morgan fingerprint density at radius 3 is 2.62 bits per heavy atom. The highest BCUT2D eigenvalue weighted by atomic mass is 79.9. The fourth-order valence-electron chi connectivity index (χ4n) is 2.57. The Hall–Kier alpha value is -0.910. The Kier molecular flexibility index (Phi) is 6.67. The molecule has 1 fully saturated rings. The first-order chi connectivity index (χ1) is 10.2. The minimum atomic E-state index is 0.0179. The van der Waals surface area contributed by atoms with Crippen molar-refractivity contribution in [2.45, 2.75) is 12.8 Å². The summed E-state index contributed by atoms with van der Waals surface area (Å²) >= 11 is 3.37. The van der Waals surface area contributed by atoms with E-state index >= 15 is 0 Å². The van der Waals surface area contributed by atoms with Crippen molar-refractivity contribution in [2.75, 3.05) is 39.9 Å². The summed E-state index contributed by atoms with van der Waals surface area (Å²) in [5, 5.41) is 3.05. The molecule has 0 saturated carbocycles. The smallest absolute Gasteiger partial charge is 0.251 e. The van der Waals surface area contributed by atoms with Crippen LogP contribution in [0.4, 0.5) is 0 Å². The molecular formula is C16H23BrN2O2. The molecule has 5 heteroatoms. The highest BCUT2D eigenvalue weighted by Crippen LogP contribution is 2.16. The summed E-state index contributed by atoms with van der Waals surface area (Å²) < 4.78 is 6.09. The first kappa shape index (κ1) is 16.5. The van der Waals surface area contributed by atoms with Gasteiger partial charge in [-0.25, -0.2) is 0 Å². The molecule has 1 aromatic rings. The van der Waals surface area contributed by atoms with Crippen LogP contribution < -0.4 is 5.32 Å². The van der Waals surface area contributed by atoms with E-state index in [1.54, 1.807) is 7.11 Å². The number of halogens is 1. The molecular weight excluding hydrogens is 332 g/mol. The van der Waals surface area contributed by atoms with Crippen LogP contribution in [-0.4, -0.2) is 50.7 Å². The molecule has 1 saturated heterocycles. The topological polar surface area (TPSA) is 41.6 Å². The first-order valence-corrected chi connectivity index (χ1v) is 8.23. The van der Waals surface area contributed by atoms with E-state index in [4.69, 9.17) is 4.74 Å². The highest BCUT2D eigenvalue weighted by Gasteiger charge is 2.19. The van der Waals surface area contributed by atoms with Crippen molar-refractivity contribution in [3.8, 4) is 0 Å². The number of benzene rings is 1. The normalized spacial score (nSPS) is 16.9. The maximum absolute atomic E-state index is 12.1. The van der Waals surface area contributed by atoms with Crippen LogP contribution in [0, 0.1) is 5.92 Å². The summed E-state index contributed by atoms with van der Waals surface area (Å²) in [5.74, 6) is 0.604. The summed E-state index contributed by atoms with van der Waals surface area (Å²) in [6, 6.07) is 7.46. The number of carbonyl (C=O) groups excluding carboxylic acids is 1. The molecule has 116 valence electrons. The predicted octanol–water partition coefficient (Wildman–Crippen LogP) is 2.54. The van der Waals surface area contributed by atoms with E-state index in [1.165, 1.54) is 0 Å². The summed E-state index contributed by atoms with van der Waals surface area (Å²) in [5.41, 5.74) is 0.718. The lowest BCUT2D eigenvalue weighted by Crippen LogP contribution is -2.39. The monoisotopic (exact) mass is 354 g/mol. The number of hydrogen-bond donors (Lipinski definition) is 1. The zero-order chi connectivity index (χ0) is 15.1. The van der Waals surface area contributed by atoms with Crippen LogP contribution in [0.5, 0.6) is 0 Å². The molecule has 0 unspecified atom stereocenters. The molecule has 0 aromatic heterocycles. The van der Waals surface area contributed by atoms with E-state index in [0.29, 0.717) is 5.92 Å². The Morgan fingerprint density at radius 1 is 1.33 bits per heavy atom. The maximum atomic E-state index is 12.1. The van der Waals surface area contributed by atoms with Crippen LogP contribution in [0.15, 0.2) is 28.7 Å². The van der Waals surface area contributed by atoms with Crippen molar-refractivity contribution in [3.63, 3.8) is 0 Å². The van der Waals surface area contributed by atoms with E-state index in [9.17, 15) is 4.79 Å². The van der Waals surface area contributed by atoms with E-state index < -0.39 is 0 Å². The average molecular weight is 355 g/mol. The molecule has 4 nitrogen and oxygen atoms in total. The van der Waals surface area contributed by atoms with Crippen LogP contribution >= 0.6 is 15.9 Å². The van der Waals surface area contributed by atoms with Gasteiger partial charge in [0.2, 0.25) is 0 Å². The Balaban J connectivity index is 1.69. The van der Waals surface area contributed by atoms with E-state index in [2.05, 4.69) is 26.1 Å². The molecule has 1 aliphatic heterocycles. The lowest BCUT2D eigenvalue weighted by Gasteiger charge is -2.31. The van der Waals surface area contributed by atoms with E-state index in [-0.39, 0.29) is 5.91 Å². The van der Waals surface area contributed by atoms with Crippen molar-refractivity contribution >= 4 is 21.8 Å². The van der Waals surface area contributed by atoms with Gasteiger partial charge in [0.05, 0.1) is 6.61 Å². The second kappa shape index (κ2) is 8.51. The molecule has 0 atom stereocenters. The van der Waals surface area contributed by atoms with Crippen molar-refractivity contribution < 1.29 is 9.53 Å². The maximum Gasteiger partial charge on any atom is 0.251 e. The molecule has 0 radical (unpaired) electrons. The van der Waals surface area contributed by atoms with Crippen molar-refractivity contribution in [2.24, 2.45) is 5.92 Å². The molecule has 1 heterocycles. The largest absolute Gasteiger partial charge is 0.383 e. The van der Waals surface area contributed by atoms with Gasteiger partial charge >= 0.3 is 0 Å². The van der Waals surface area contributed by atoms with Crippen LogP contribution in [0.25, 0.3) is 0 Å². The number of nitrogens with one attached hydrogen (secondary N) is 1. The number of amides is 1. The molecule has 1 N–H and O–H groups in total. The van der Waals surface area contributed by atoms with Gasteiger partial charge in [0.1, 0.15) is 0 Å². The Bertz CT molecular complexity index is 442. The average Bonchev–Trinajstić information content (AvgIpc) is 2.52. The number of piperidine rings is 1. The number of rotatable bonds is 6. The van der Waals surface area contributed by atoms with Gasteiger partial charge in [-0.3, -0.25) is 4.79 Å². The van der Waals surface area contributed by atoms with Crippen LogP contribution in [0.3, 0.4) is 0 Å². The SMILES string of the molecule is COCCN1CCC(CNC(=O)c2ccc(Br)cc2)CC1. The summed E-state index contributed by atoms with van der Waals surface area (Å²) in [4.78, 5) is 14.5. The molecule has 21 heavy (non-hydrogen) atoms. The summed E-state index contributed by atoms with van der Waals surface area (Å²) in [6.45, 7) is 4.77. The third kappa shape index (κ3) is 5.41. The van der Waals surface area contributed by atoms with Gasteiger partial charge in [-0.2, -0.15) is 0 Å². The Morgan fingerprint density at radius 2 is 2.00 bits per heavy atom. The number of carbonyl (C=O) groups is 1. The number of nitrogens with zero attached hydrogens (tertiary/aromatic N) is 1. The summed E-state index contributed by atoms with van der Waals surface area (Å²) in [7, 11) is 1.74. The van der Waals surface area contributed by atoms with Gasteiger partial charge in [0.15, 0.2) is 0 Å². The molecule has 0 aliphatic carbocycles. The molecule has 1 amide bonds. The van der Waals surface area contributed by atoms with Gasteiger partial charge in [0, 0.05) is 30.2 Å². The van der Waals surface area contributed by atoms with Crippen molar-refractivity contribution in [1.29, 1.82) is 0 Å². The Labute approximate surface area is 135 Å². The lowest BCUT2D eigenvalue weighted by atomic mass is 9.96. The zero-order valence-electron chi connectivity index (χ0n) is 12.5. The second-order valence-electron chi connectivity index (χ2n) is 5.49. The van der Waals surface area contributed by atoms with Gasteiger partial charge in [-0.05, 0) is 56.1 Å². The highest BCUT2D eigenvalue weighted by molar-refractivity contribution is 9.10. The van der Waals surface area contributed by atoms with Gasteiger partial charge in [-0.1, -0.05) is 15.9 Å². The first-order valence-electron chi connectivity index (χ1n) is 7.44. The number of ether oxygens (including phenoxy) is 1. The quantitative estimate of drug-likeness (QED) is 0.853. The second-order valence-corrected chi connectivity index (χ2v) is 6.41. The third-order valence-electron chi connectivity index (χ3n) is 3.98. The zero-order valence-corrected chi connectivity index (χ0v) is 14.1. The number of likely N-dealkylation sites (tertiary alicyclic amines) is 1. The van der Waals surface area contributed by atoms with Crippen molar-refractivity contribution in [3.05, 3.63) is 34.3 Å². The minimum Gasteiger partial charge on any atom is -0.383 e. The van der Waals surface area contributed by atoms with Gasteiger partial charge in [-0.15, -0.1) is 0 Å². The lowest BCUT2D eigenvalue weighted by molar-refractivity contribution is 0.0926. The molecule has 2 rings (SSSR count). The van der Waals surface area contributed by atoms with Gasteiger partial charge in [0.25, 0.3) is 5.91 Å². The molecule has 1 aromatic carbocycles. The van der Waals surface area contributed by atoms with Gasteiger partial charge < -0.3 is 15.0 Å². The summed E-state index contributed by atoms with van der Waals surface area (Å²) in [6.07, 6.45) is 2.29. The molecule has 0 bridgehead atoms. The van der Waals surface area contributed by atoms with Crippen LogP contribution in [-0.2, 0) is 4.74 Å². The fourth-order valence-corrected chi connectivity index (χ4v) is 2.84. The number of hydrogen-bond acceptors (Lipinski definition) is 3. The molecule has 1 aliphatic rings. The van der Waals surface area contributed by atoms with E-state index in [1.807, 2.05) is 24.3 Å². The third-order valence-corrected chi connectivity index (χ3v) is 4.51. The number of methoxy groups -OCH3 is 1. The van der Waals surface area contributed by atoms with Crippen LogP contribution in [0.2, 0.25) is 0 Å². The minimum absolute atomic E-state index is 0.0179. The van der Waals surface area contributed by atoms with E-state index in [0.717, 1.165) is 55.7 Å². The van der Waals surface area contributed by atoms with Crippen LogP contribution in [0.1, 0.15) is 23.2 Å².